The fourth-order valence-corrected chi connectivity index (χ4v) is 7.33. The summed E-state index contributed by atoms with van der Waals surface area (Å²) in [5, 5.41) is 3.10. The van der Waals surface area contributed by atoms with E-state index in [2.05, 4.69) is 53.1 Å². The summed E-state index contributed by atoms with van der Waals surface area (Å²) in [7, 11) is 0. The molecule has 2 bridgehead atoms. The summed E-state index contributed by atoms with van der Waals surface area (Å²) in [6.07, 6.45) is 0.816. The molecule has 1 saturated heterocycles. The van der Waals surface area contributed by atoms with Crippen molar-refractivity contribution in [2.45, 2.75) is 23.0 Å². The smallest absolute Gasteiger partial charge is 0.326 e. The zero-order valence-electron chi connectivity index (χ0n) is 16.2. The number of imide groups is 1. The molecular formula is C20H18Br3ClN2O5. The van der Waals surface area contributed by atoms with Crippen LogP contribution in [0.1, 0.15) is 12.0 Å². The molecule has 6 atom stereocenters. The lowest BCUT2D eigenvalue weighted by Gasteiger charge is -2.28. The van der Waals surface area contributed by atoms with Gasteiger partial charge in [-0.2, -0.15) is 0 Å². The van der Waals surface area contributed by atoms with E-state index in [0.29, 0.717) is 20.7 Å². The first-order valence-electron chi connectivity index (χ1n) is 9.65. The number of halogens is 4. The molecule has 1 aromatic rings. The highest BCUT2D eigenvalue weighted by molar-refractivity contribution is 9.12. The molecular weight excluding hydrogens is 623 g/mol. The van der Waals surface area contributed by atoms with Crippen molar-refractivity contribution in [2.75, 3.05) is 18.5 Å². The predicted molar refractivity (Wildman–Crippen MR) is 124 cm³/mol. The minimum absolute atomic E-state index is 0.0728. The molecule has 7 nitrogen and oxygen atoms in total. The van der Waals surface area contributed by atoms with Crippen molar-refractivity contribution >= 4 is 88.8 Å². The maximum Gasteiger partial charge on any atom is 0.326 e. The van der Waals surface area contributed by atoms with E-state index >= 15 is 0 Å². The van der Waals surface area contributed by atoms with Crippen LogP contribution in [0.25, 0.3) is 0 Å². The molecule has 3 amide bonds. The Labute approximate surface area is 208 Å². The van der Waals surface area contributed by atoms with Gasteiger partial charge in [-0.1, -0.05) is 43.5 Å². The van der Waals surface area contributed by atoms with Crippen molar-refractivity contribution in [1.29, 1.82) is 0 Å². The van der Waals surface area contributed by atoms with E-state index in [1.807, 2.05) is 0 Å². The quantitative estimate of drug-likeness (QED) is 0.301. The van der Waals surface area contributed by atoms with Crippen LogP contribution >= 0.6 is 59.4 Å². The second kappa shape index (κ2) is 8.76. The molecule has 1 aliphatic heterocycles. The highest BCUT2D eigenvalue weighted by Gasteiger charge is 2.66. The van der Waals surface area contributed by atoms with Crippen LogP contribution in [0.15, 0.2) is 16.6 Å². The molecule has 31 heavy (non-hydrogen) atoms. The van der Waals surface area contributed by atoms with Gasteiger partial charge in [0.05, 0.1) is 16.9 Å². The molecule has 1 aromatic carbocycles. The van der Waals surface area contributed by atoms with Crippen molar-refractivity contribution in [3.63, 3.8) is 0 Å². The van der Waals surface area contributed by atoms with Crippen molar-refractivity contribution in [2.24, 2.45) is 23.7 Å². The minimum atomic E-state index is -0.805. The summed E-state index contributed by atoms with van der Waals surface area (Å²) in [6, 6.07) is 3.37. The molecule has 0 spiro atoms. The first kappa shape index (κ1) is 23.2. The van der Waals surface area contributed by atoms with Crippen LogP contribution in [-0.4, -0.2) is 51.4 Å². The lowest BCUT2D eigenvalue weighted by Crippen LogP contribution is -2.38. The van der Waals surface area contributed by atoms with E-state index < -0.39 is 36.9 Å². The molecule has 4 rings (SSSR count). The Morgan fingerprint density at radius 1 is 1.16 bits per heavy atom. The molecule has 2 aliphatic carbocycles. The summed E-state index contributed by atoms with van der Waals surface area (Å²) < 4.78 is 5.70. The zero-order valence-corrected chi connectivity index (χ0v) is 21.8. The number of ether oxygens (including phenoxy) is 1. The topological polar surface area (TPSA) is 92.8 Å². The lowest BCUT2D eigenvalue weighted by atomic mass is 9.81. The number of anilines is 1. The lowest BCUT2D eigenvalue weighted by molar-refractivity contribution is -0.154. The van der Waals surface area contributed by atoms with E-state index in [1.165, 1.54) is 0 Å². The molecule has 2 saturated carbocycles. The minimum Gasteiger partial charge on any atom is -0.454 e. The van der Waals surface area contributed by atoms with Gasteiger partial charge >= 0.3 is 5.97 Å². The molecule has 0 unspecified atom stereocenters. The number of alkyl halides is 2. The Morgan fingerprint density at radius 3 is 2.32 bits per heavy atom. The monoisotopic (exact) mass is 638 g/mol. The van der Waals surface area contributed by atoms with Crippen LogP contribution in [0.4, 0.5) is 5.69 Å². The van der Waals surface area contributed by atoms with Crippen LogP contribution in [0.3, 0.4) is 0 Å². The van der Waals surface area contributed by atoms with E-state index in [0.717, 1.165) is 11.3 Å². The first-order valence-corrected chi connectivity index (χ1v) is 12.7. The average Bonchev–Trinajstić information content (AvgIpc) is 3.33. The largest absolute Gasteiger partial charge is 0.454 e. The predicted octanol–water partition coefficient (Wildman–Crippen LogP) is 3.67. The number of carbonyl (C=O) groups excluding carboxylic acids is 4. The van der Waals surface area contributed by atoms with Gasteiger partial charge < -0.3 is 10.1 Å². The number of rotatable bonds is 5. The Kier molecular flexibility index (Phi) is 6.55. The summed E-state index contributed by atoms with van der Waals surface area (Å²) in [6.45, 7) is 0.728. The number of nitrogens with one attached hydrogen (secondary N) is 1. The number of carbonyl (C=O) groups is 4. The van der Waals surface area contributed by atoms with E-state index in [4.69, 9.17) is 16.3 Å². The molecule has 11 heteroatoms. The maximum atomic E-state index is 12.8. The summed E-state index contributed by atoms with van der Waals surface area (Å²) >= 11 is 16.7. The molecule has 0 radical (unpaired) electrons. The van der Waals surface area contributed by atoms with E-state index in [1.54, 1.807) is 19.1 Å². The Balaban J connectivity index is 1.33. The molecule has 1 heterocycles. The van der Waals surface area contributed by atoms with Gasteiger partial charge in [0.2, 0.25) is 11.8 Å². The number of amides is 3. The summed E-state index contributed by atoms with van der Waals surface area (Å²) in [5.41, 5.74) is 1.16. The zero-order chi connectivity index (χ0) is 22.6. The highest BCUT2D eigenvalue weighted by Crippen LogP contribution is 2.60. The van der Waals surface area contributed by atoms with Gasteiger partial charge in [-0.05, 0) is 58.8 Å². The van der Waals surface area contributed by atoms with Gasteiger partial charge in [0.1, 0.15) is 6.54 Å². The van der Waals surface area contributed by atoms with Gasteiger partial charge in [-0.25, -0.2) is 0 Å². The van der Waals surface area contributed by atoms with Gasteiger partial charge in [-0.3, -0.25) is 24.1 Å². The van der Waals surface area contributed by atoms with Gasteiger partial charge in [-0.15, -0.1) is 0 Å². The second-order valence-corrected chi connectivity index (χ2v) is 11.4. The van der Waals surface area contributed by atoms with Crippen molar-refractivity contribution in [1.82, 2.24) is 4.90 Å². The van der Waals surface area contributed by atoms with E-state index in [9.17, 15) is 19.2 Å². The standard InChI is InChI=1S/C20H18Br3ClN2O5/c1-7-11(3-2-10(21)18(7)24)25-12(27)6-31-13(28)5-26-19(29)14-8-4-9(15(14)20(26)30)17(23)16(8)22/h2-3,8-9,14-17H,4-6H2,1H3,(H,25,27)/t8-,9-,14-,15-,16-,17+/m1/s1. The number of hydrogen-bond acceptors (Lipinski definition) is 5. The van der Waals surface area contributed by atoms with Crippen molar-refractivity contribution in [3.8, 4) is 0 Å². The molecule has 3 aliphatic rings. The highest BCUT2D eigenvalue weighted by atomic mass is 79.9. The third-order valence-corrected chi connectivity index (χ3v) is 10.9. The van der Waals surface area contributed by atoms with Crippen LogP contribution in [-0.2, 0) is 23.9 Å². The van der Waals surface area contributed by atoms with Crippen molar-refractivity contribution < 1.29 is 23.9 Å². The van der Waals surface area contributed by atoms with Gasteiger partial charge in [0.15, 0.2) is 6.61 Å². The first-order chi connectivity index (χ1) is 14.6. The Bertz CT molecular complexity index is 958. The fraction of sp³-hybridized carbons (Fsp3) is 0.500. The van der Waals surface area contributed by atoms with Gasteiger partial charge in [0.25, 0.3) is 5.91 Å². The number of benzene rings is 1. The number of esters is 1. The van der Waals surface area contributed by atoms with Crippen LogP contribution in [0.2, 0.25) is 5.02 Å². The fourth-order valence-electron chi connectivity index (χ4n) is 4.86. The summed E-state index contributed by atoms with van der Waals surface area (Å²) in [4.78, 5) is 51.3. The average molecular weight is 642 g/mol. The van der Waals surface area contributed by atoms with Gasteiger partial charge in [0, 0.05) is 19.8 Å². The van der Waals surface area contributed by atoms with Crippen LogP contribution < -0.4 is 5.32 Å². The Hall–Kier alpha value is -0.970. The molecule has 166 valence electrons. The second-order valence-electron chi connectivity index (χ2n) is 8.01. The molecule has 3 fully saturated rings. The van der Waals surface area contributed by atoms with Crippen LogP contribution in [0, 0.1) is 30.6 Å². The number of nitrogens with zero attached hydrogens (tertiary/aromatic N) is 1. The SMILES string of the molecule is Cc1c(NC(=O)COC(=O)CN2C(=O)[C@@H]3[C@H]4C[C@@H]([C@@H](Br)[C@H]4Br)[C@H]3C2=O)ccc(Br)c1Cl. The number of likely N-dealkylation sites (tertiary alicyclic amines) is 1. The van der Waals surface area contributed by atoms with Crippen molar-refractivity contribution in [3.05, 3.63) is 27.2 Å². The summed E-state index contributed by atoms with van der Waals surface area (Å²) in [5.74, 6) is -2.64. The Morgan fingerprint density at radius 2 is 1.74 bits per heavy atom. The van der Waals surface area contributed by atoms with Crippen LogP contribution in [0.5, 0.6) is 0 Å². The maximum absolute atomic E-state index is 12.8. The molecule has 1 N–H and O–H groups in total. The van der Waals surface area contributed by atoms with E-state index in [-0.39, 0.29) is 33.3 Å². The third-order valence-electron chi connectivity index (χ3n) is 6.34. The number of fused-ring (bicyclic) bond motifs is 5. The third kappa shape index (κ3) is 3.98. The number of hydrogen-bond donors (Lipinski definition) is 1. The molecule has 0 aromatic heterocycles. The normalized spacial score (nSPS) is 31.2.